The highest BCUT2D eigenvalue weighted by atomic mass is 32.1. The van der Waals surface area contributed by atoms with E-state index in [-0.39, 0.29) is 6.04 Å². The third-order valence-corrected chi connectivity index (χ3v) is 7.30. The van der Waals surface area contributed by atoms with Gasteiger partial charge in [-0.3, -0.25) is 0 Å². The minimum absolute atomic E-state index is 0.0873. The molecule has 0 saturated heterocycles. The van der Waals surface area contributed by atoms with Gasteiger partial charge in [-0.1, -0.05) is 60.7 Å². The van der Waals surface area contributed by atoms with Crippen LogP contribution in [0.5, 0.6) is 0 Å². The van der Waals surface area contributed by atoms with Crippen LogP contribution >= 0.6 is 12.2 Å². The lowest BCUT2D eigenvalue weighted by Crippen LogP contribution is -2.57. The van der Waals surface area contributed by atoms with Gasteiger partial charge in [-0.05, 0) is 79.1 Å². The first-order valence-electron chi connectivity index (χ1n) is 10.4. The Morgan fingerprint density at radius 1 is 0.741 bits per heavy atom. The van der Waals surface area contributed by atoms with E-state index in [1.165, 1.54) is 43.2 Å². The fourth-order valence-corrected chi connectivity index (χ4v) is 6.39. The second-order valence-electron chi connectivity index (χ2n) is 8.83. The highest BCUT2D eigenvalue weighted by molar-refractivity contribution is 7.80. The van der Waals surface area contributed by atoms with Crippen molar-refractivity contribution in [2.75, 3.05) is 0 Å². The monoisotopic (exact) mass is 376 g/mol. The van der Waals surface area contributed by atoms with Crippen LogP contribution in [0.2, 0.25) is 0 Å². The molecule has 4 aliphatic rings. The van der Waals surface area contributed by atoms with E-state index in [4.69, 9.17) is 12.2 Å². The smallest absolute Gasteiger partial charge is 0.167 e. The van der Waals surface area contributed by atoms with Gasteiger partial charge in [-0.25, -0.2) is 0 Å². The van der Waals surface area contributed by atoms with E-state index in [1.54, 1.807) is 0 Å². The Morgan fingerprint density at radius 2 is 1.22 bits per heavy atom. The highest BCUT2D eigenvalue weighted by Crippen LogP contribution is 2.53. The van der Waals surface area contributed by atoms with Gasteiger partial charge in [-0.2, -0.15) is 0 Å². The molecule has 4 fully saturated rings. The summed E-state index contributed by atoms with van der Waals surface area (Å²) in [6.07, 6.45) is 7.14. The van der Waals surface area contributed by atoms with E-state index in [0.29, 0.717) is 6.04 Å². The molecule has 27 heavy (non-hydrogen) atoms. The van der Waals surface area contributed by atoms with E-state index >= 15 is 0 Å². The maximum atomic E-state index is 5.81. The average molecular weight is 377 g/mol. The standard InChI is InChI=1S/C24H28N2S/c27-24(26-23-20-12-16-11-17(14-20)15-21(23)13-16)25-22(18-7-3-1-4-8-18)19-9-5-2-6-10-19/h1-10,16-17,20-23H,11-15H2,(H2,25,26,27). The fourth-order valence-electron chi connectivity index (χ4n) is 6.14. The van der Waals surface area contributed by atoms with Gasteiger partial charge in [0.15, 0.2) is 5.11 Å². The molecule has 0 unspecified atom stereocenters. The average Bonchev–Trinajstić information content (AvgIpc) is 2.70. The van der Waals surface area contributed by atoms with Crippen LogP contribution in [0.15, 0.2) is 60.7 Å². The molecule has 0 spiro atoms. The summed E-state index contributed by atoms with van der Waals surface area (Å²) in [5, 5.41) is 8.19. The van der Waals surface area contributed by atoms with Gasteiger partial charge in [0.25, 0.3) is 0 Å². The van der Waals surface area contributed by atoms with Crippen molar-refractivity contribution in [2.24, 2.45) is 23.7 Å². The molecule has 2 nitrogen and oxygen atoms in total. The second kappa shape index (κ2) is 7.27. The number of hydrogen-bond donors (Lipinski definition) is 2. The van der Waals surface area contributed by atoms with E-state index in [0.717, 1.165) is 28.8 Å². The lowest BCUT2D eigenvalue weighted by Gasteiger charge is -2.54. The van der Waals surface area contributed by atoms with E-state index in [9.17, 15) is 0 Å². The minimum atomic E-state index is 0.0873. The quantitative estimate of drug-likeness (QED) is 0.729. The summed E-state index contributed by atoms with van der Waals surface area (Å²) in [6.45, 7) is 0. The number of thiocarbonyl (C=S) groups is 1. The molecule has 4 saturated carbocycles. The van der Waals surface area contributed by atoms with E-state index in [1.807, 2.05) is 0 Å². The summed E-state index contributed by atoms with van der Waals surface area (Å²) in [5.74, 6) is 3.64. The molecule has 0 atom stereocenters. The van der Waals surface area contributed by atoms with Crippen LogP contribution in [0, 0.1) is 23.7 Å². The summed E-state index contributed by atoms with van der Waals surface area (Å²) in [5.41, 5.74) is 2.50. The summed E-state index contributed by atoms with van der Waals surface area (Å²) >= 11 is 5.81. The molecule has 0 heterocycles. The highest BCUT2D eigenvalue weighted by Gasteiger charge is 2.48. The normalized spacial score (nSPS) is 31.1. The Hall–Kier alpha value is -1.87. The van der Waals surface area contributed by atoms with Crippen molar-refractivity contribution in [3.63, 3.8) is 0 Å². The summed E-state index contributed by atoms with van der Waals surface area (Å²) in [6, 6.07) is 21.9. The summed E-state index contributed by atoms with van der Waals surface area (Å²) in [7, 11) is 0. The van der Waals surface area contributed by atoms with Crippen LogP contribution in [-0.2, 0) is 0 Å². The first-order chi connectivity index (χ1) is 13.3. The van der Waals surface area contributed by atoms with Crippen LogP contribution in [0.4, 0.5) is 0 Å². The maximum absolute atomic E-state index is 5.81. The number of rotatable bonds is 4. The molecule has 0 aliphatic heterocycles. The van der Waals surface area contributed by atoms with Gasteiger partial charge < -0.3 is 10.6 Å². The maximum Gasteiger partial charge on any atom is 0.167 e. The summed E-state index contributed by atoms with van der Waals surface area (Å²) in [4.78, 5) is 0. The lowest BCUT2D eigenvalue weighted by molar-refractivity contribution is -0.00697. The van der Waals surface area contributed by atoms with Crippen molar-refractivity contribution < 1.29 is 0 Å². The van der Waals surface area contributed by atoms with Crippen molar-refractivity contribution in [3.05, 3.63) is 71.8 Å². The van der Waals surface area contributed by atoms with Crippen molar-refractivity contribution in [1.82, 2.24) is 10.6 Å². The van der Waals surface area contributed by atoms with Crippen LogP contribution < -0.4 is 10.6 Å². The van der Waals surface area contributed by atoms with Crippen molar-refractivity contribution in [3.8, 4) is 0 Å². The fraction of sp³-hybridized carbons (Fsp3) is 0.458. The Morgan fingerprint density at radius 3 is 1.70 bits per heavy atom. The molecule has 2 aromatic rings. The minimum Gasteiger partial charge on any atom is -0.359 e. The first-order valence-corrected chi connectivity index (χ1v) is 10.8. The topological polar surface area (TPSA) is 24.1 Å². The van der Waals surface area contributed by atoms with Crippen molar-refractivity contribution >= 4 is 17.3 Å². The molecule has 0 radical (unpaired) electrons. The molecule has 2 aromatic carbocycles. The predicted molar refractivity (Wildman–Crippen MR) is 114 cm³/mol. The number of nitrogens with one attached hydrogen (secondary N) is 2. The molecule has 6 rings (SSSR count). The van der Waals surface area contributed by atoms with Gasteiger partial charge >= 0.3 is 0 Å². The SMILES string of the molecule is S=C(NC(c1ccccc1)c1ccccc1)NC1C2CC3CC(C2)CC1C3. The number of benzene rings is 2. The zero-order chi connectivity index (χ0) is 18.2. The molecule has 2 N–H and O–H groups in total. The van der Waals surface area contributed by atoms with Gasteiger partial charge in [0.1, 0.15) is 0 Å². The zero-order valence-corrected chi connectivity index (χ0v) is 16.5. The van der Waals surface area contributed by atoms with Crippen molar-refractivity contribution in [1.29, 1.82) is 0 Å². The largest absolute Gasteiger partial charge is 0.359 e. The Kier molecular flexibility index (Phi) is 4.65. The Balaban J connectivity index is 1.32. The van der Waals surface area contributed by atoms with Crippen LogP contribution in [0.25, 0.3) is 0 Å². The first kappa shape index (κ1) is 17.2. The van der Waals surface area contributed by atoms with Gasteiger partial charge in [0, 0.05) is 6.04 Å². The van der Waals surface area contributed by atoms with Gasteiger partial charge in [-0.15, -0.1) is 0 Å². The molecular weight excluding hydrogens is 348 g/mol. The van der Waals surface area contributed by atoms with Crippen molar-refractivity contribution in [2.45, 2.75) is 44.2 Å². The lowest BCUT2D eigenvalue weighted by atomic mass is 9.54. The van der Waals surface area contributed by atoms with Gasteiger partial charge in [0.05, 0.1) is 6.04 Å². The Bertz CT molecular complexity index is 721. The van der Waals surface area contributed by atoms with E-state index < -0.39 is 0 Å². The molecule has 0 aromatic heterocycles. The zero-order valence-electron chi connectivity index (χ0n) is 15.7. The number of hydrogen-bond acceptors (Lipinski definition) is 1. The molecule has 0 amide bonds. The molecule has 140 valence electrons. The predicted octanol–water partition coefficient (Wildman–Crippen LogP) is 5.06. The van der Waals surface area contributed by atoms with Crippen LogP contribution in [0.3, 0.4) is 0 Å². The second-order valence-corrected chi connectivity index (χ2v) is 9.24. The van der Waals surface area contributed by atoms with E-state index in [2.05, 4.69) is 71.3 Å². The molecule has 4 bridgehead atoms. The third-order valence-electron chi connectivity index (χ3n) is 7.07. The third kappa shape index (κ3) is 3.50. The van der Waals surface area contributed by atoms with Crippen LogP contribution in [-0.4, -0.2) is 11.2 Å². The molecule has 4 aliphatic carbocycles. The Labute approximate surface area is 167 Å². The molecular formula is C24H28N2S. The summed E-state index contributed by atoms with van der Waals surface area (Å²) < 4.78 is 0. The molecule has 3 heteroatoms. The van der Waals surface area contributed by atoms with Crippen LogP contribution in [0.1, 0.15) is 49.3 Å². The van der Waals surface area contributed by atoms with Gasteiger partial charge in [0.2, 0.25) is 0 Å².